The predicted molar refractivity (Wildman–Crippen MR) is 78.0 cm³/mol. The van der Waals surface area contributed by atoms with Crippen LogP contribution in [-0.2, 0) is 6.54 Å². The molecule has 1 aliphatic heterocycles. The Hall–Kier alpha value is -1.89. The van der Waals surface area contributed by atoms with Crippen LogP contribution in [0.4, 0.5) is 19.0 Å². The molecule has 3 rings (SSSR count). The molecule has 0 amide bonds. The van der Waals surface area contributed by atoms with Crippen LogP contribution in [0.1, 0.15) is 18.7 Å². The van der Waals surface area contributed by atoms with E-state index in [9.17, 15) is 13.2 Å². The molecule has 2 heterocycles. The number of halogens is 3. The monoisotopic (exact) mass is 310 g/mol. The molecule has 1 unspecified atom stereocenters. The molecule has 22 heavy (non-hydrogen) atoms. The van der Waals surface area contributed by atoms with Gasteiger partial charge in [-0.15, -0.1) is 0 Å². The van der Waals surface area contributed by atoms with Crippen molar-refractivity contribution in [3.8, 4) is 0 Å². The fourth-order valence-electron chi connectivity index (χ4n) is 2.89. The smallest absolute Gasteiger partial charge is 0.383 e. The van der Waals surface area contributed by atoms with Crippen LogP contribution in [-0.4, -0.2) is 34.1 Å². The van der Waals surface area contributed by atoms with Crippen LogP contribution in [0.15, 0.2) is 24.3 Å². The first kappa shape index (κ1) is 15.0. The minimum absolute atomic E-state index is 0.000405. The summed E-state index contributed by atoms with van der Waals surface area (Å²) in [7, 11) is 0. The van der Waals surface area contributed by atoms with Crippen LogP contribution in [0.25, 0.3) is 10.9 Å². The third-order valence-electron chi connectivity index (χ3n) is 4.01. The standard InChI is InChI=1S/C15H17F3N4/c16-15(17,18)10-4-3-7-22(8-10)9-13-20-12-6-2-1-5-11(12)14(19)21-13/h1-2,5-6,10H,3-4,7-9H2,(H2,19,20,21). The Morgan fingerprint density at radius 1 is 1.23 bits per heavy atom. The highest BCUT2D eigenvalue weighted by molar-refractivity contribution is 5.87. The summed E-state index contributed by atoms with van der Waals surface area (Å²) in [5, 5.41) is 0.762. The fraction of sp³-hybridized carbons (Fsp3) is 0.467. The van der Waals surface area contributed by atoms with E-state index in [4.69, 9.17) is 5.73 Å². The number of anilines is 1. The lowest BCUT2D eigenvalue weighted by atomic mass is 9.97. The zero-order chi connectivity index (χ0) is 15.7. The number of nitrogen functional groups attached to an aromatic ring is 1. The van der Waals surface area contributed by atoms with Gasteiger partial charge in [-0.1, -0.05) is 12.1 Å². The number of nitrogens with two attached hydrogens (primary N) is 1. The second-order valence-corrected chi connectivity index (χ2v) is 5.66. The Kier molecular flexibility index (Phi) is 3.90. The molecule has 0 saturated carbocycles. The van der Waals surface area contributed by atoms with Gasteiger partial charge < -0.3 is 5.73 Å². The number of likely N-dealkylation sites (tertiary alicyclic amines) is 1. The maximum Gasteiger partial charge on any atom is 0.393 e. The topological polar surface area (TPSA) is 55.0 Å². The van der Waals surface area contributed by atoms with Gasteiger partial charge in [0, 0.05) is 11.9 Å². The van der Waals surface area contributed by atoms with Crippen molar-refractivity contribution in [2.24, 2.45) is 5.92 Å². The van der Waals surface area contributed by atoms with Crippen LogP contribution >= 0.6 is 0 Å². The highest BCUT2D eigenvalue weighted by Crippen LogP contribution is 2.33. The van der Waals surface area contributed by atoms with Gasteiger partial charge >= 0.3 is 6.18 Å². The van der Waals surface area contributed by atoms with E-state index < -0.39 is 12.1 Å². The summed E-state index contributed by atoms with van der Waals surface area (Å²) < 4.78 is 38.5. The van der Waals surface area contributed by atoms with Crippen molar-refractivity contribution in [1.82, 2.24) is 14.9 Å². The lowest BCUT2D eigenvalue weighted by Crippen LogP contribution is -2.41. The SMILES string of the molecule is Nc1nc(CN2CCCC(C(F)(F)F)C2)nc2ccccc12. The third kappa shape index (κ3) is 3.14. The van der Waals surface area contributed by atoms with Gasteiger partial charge in [0.1, 0.15) is 11.6 Å². The molecule has 1 aromatic carbocycles. The Bertz CT molecular complexity index is 671. The van der Waals surface area contributed by atoms with E-state index in [1.165, 1.54) is 0 Å². The third-order valence-corrected chi connectivity index (χ3v) is 4.01. The van der Waals surface area contributed by atoms with Gasteiger partial charge in [-0.2, -0.15) is 13.2 Å². The molecule has 1 atom stereocenters. The molecule has 7 heteroatoms. The molecular formula is C15H17F3N4. The van der Waals surface area contributed by atoms with E-state index in [0.29, 0.717) is 31.2 Å². The van der Waals surface area contributed by atoms with E-state index >= 15 is 0 Å². The van der Waals surface area contributed by atoms with E-state index in [2.05, 4.69) is 9.97 Å². The molecule has 2 N–H and O–H groups in total. The minimum atomic E-state index is -4.14. The van der Waals surface area contributed by atoms with E-state index in [0.717, 1.165) is 10.9 Å². The summed E-state index contributed by atoms with van der Waals surface area (Å²) in [6.07, 6.45) is -3.41. The van der Waals surface area contributed by atoms with Crippen LogP contribution < -0.4 is 5.73 Å². The van der Waals surface area contributed by atoms with Gasteiger partial charge in [0.15, 0.2) is 0 Å². The van der Waals surface area contributed by atoms with Crippen molar-refractivity contribution >= 4 is 16.7 Å². The van der Waals surface area contributed by atoms with Gasteiger partial charge in [-0.3, -0.25) is 4.90 Å². The summed E-state index contributed by atoms with van der Waals surface area (Å²) in [5.74, 6) is -0.428. The lowest BCUT2D eigenvalue weighted by molar-refractivity contribution is -0.187. The van der Waals surface area contributed by atoms with Gasteiger partial charge in [-0.25, -0.2) is 9.97 Å². The second kappa shape index (κ2) is 5.72. The average Bonchev–Trinajstić information content (AvgIpc) is 2.47. The number of alkyl halides is 3. The van der Waals surface area contributed by atoms with Crippen LogP contribution in [0.2, 0.25) is 0 Å². The highest BCUT2D eigenvalue weighted by Gasteiger charge is 2.41. The number of nitrogens with zero attached hydrogens (tertiary/aromatic N) is 3. The molecule has 1 aliphatic rings. The van der Waals surface area contributed by atoms with Crippen LogP contribution in [0.3, 0.4) is 0 Å². The first-order valence-corrected chi connectivity index (χ1v) is 7.23. The van der Waals surface area contributed by atoms with Crippen molar-refractivity contribution in [1.29, 1.82) is 0 Å². The zero-order valence-corrected chi connectivity index (χ0v) is 12.0. The Balaban J connectivity index is 1.78. The van der Waals surface area contributed by atoms with Gasteiger partial charge in [0.25, 0.3) is 0 Å². The van der Waals surface area contributed by atoms with Crippen molar-refractivity contribution in [3.05, 3.63) is 30.1 Å². The number of aromatic nitrogens is 2. The minimum Gasteiger partial charge on any atom is -0.383 e. The van der Waals surface area contributed by atoms with Crippen molar-refractivity contribution < 1.29 is 13.2 Å². The normalized spacial score (nSPS) is 20.4. The molecule has 0 radical (unpaired) electrons. The number of benzene rings is 1. The Labute approximate surface area is 126 Å². The molecule has 0 bridgehead atoms. The maximum atomic E-state index is 12.8. The Morgan fingerprint density at radius 3 is 2.77 bits per heavy atom. The van der Waals surface area contributed by atoms with Crippen LogP contribution in [0.5, 0.6) is 0 Å². The van der Waals surface area contributed by atoms with Crippen molar-refractivity contribution in [2.75, 3.05) is 18.8 Å². The number of para-hydroxylation sites is 1. The van der Waals surface area contributed by atoms with Crippen molar-refractivity contribution in [3.63, 3.8) is 0 Å². The molecule has 1 fully saturated rings. The molecule has 0 aliphatic carbocycles. The van der Waals surface area contributed by atoms with Crippen molar-refractivity contribution in [2.45, 2.75) is 25.6 Å². The summed E-state index contributed by atoms with van der Waals surface area (Å²) in [4.78, 5) is 10.4. The van der Waals surface area contributed by atoms with Gasteiger partial charge in [0.2, 0.25) is 0 Å². The average molecular weight is 310 g/mol. The Morgan fingerprint density at radius 2 is 2.00 bits per heavy atom. The van der Waals surface area contributed by atoms with Crippen LogP contribution in [0, 0.1) is 5.92 Å². The molecule has 1 saturated heterocycles. The van der Waals surface area contributed by atoms with E-state index in [1.807, 2.05) is 24.3 Å². The van der Waals surface area contributed by atoms with Gasteiger partial charge in [-0.05, 0) is 31.5 Å². The highest BCUT2D eigenvalue weighted by atomic mass is 19.4. The molecule has 0 spiro atoms. The second-order valence-electron chi connectivity index (χ2n) is 5.66. The maximum absolute atomic E-state index is 12.8. The number of piperidine rings is 1. The lowest BCUT2D eigenvalue weighted by Gasteiger charge is -2.33. The molecule has 2 aromatic rings. The zero-order valence-electron chi connectivity index (χ0n) is 12.0. The molecule has 118 valence electrons. The quantitative estimate of drug-likeness (QED) is 0.926. The predicted octanol–water partition coefficient (Wildman–Crippen LogP) is 2.99. The largest absolute Gasteiger partial charge is 0.393 e. The number of hydrogen-bond acceptors (Lipinski definition) is 4. The summed E-state index contributed by atoms with van der Waals surface area (Å²) in [5.41, 5.74) is 6.63. The first-order chi connectivity index (χ1) is 10.4. The number of rotatable bonds is 2. The summed E-state index contributed by atoms with van der Waals surface area (Å²) in [6, 6.07) is 7.35. The molecular weight excluding hydrogens is 293 g/mol. The summed E-state index contributed by atoms with van der Waals surface area (Å²) >= 11 is 0. The van der Waals surface area contributed by atoms with E-state index in [-0.39, 0.29) is 13.0 Å². The molecule has 4 nitrogen and oxygen atoms in total. The number of fused-ring (bicyclic) bond motifs is 1. The summed E-state index contributed by atoms with van der Waals surface area (Å²) in [6.45, 7) is 0.921. The molecule has 1 aromatic heterocycles. The van der Waals surface area contributed by atoms with E-state index in [1.54, 1.807) is 4.90 Å². The fourth-order valence-corrected chi connectivity index (χ4v) is 2.89. The van der Waals surface area contributed by atoms with Gasteiger partial charge in [0.05, 0.1) is 18.0 Å². The first-order valence-electron chi connectivity index (χ1n) is 7.23. The number of hydrogen-bond donors (Lipinski definition) is 1.